The zero-order valence-corrected chi connectivity index (χ0v) is 40.5. The molecule has 0 aliphatic carbocycles. The minimum absolute atomic E-state index is 0. The SMILES string of the molecule is CCCCCCCCCCCCCCCCCC[N+](CCCCCCCCCCCC)(CCCCCCCCCCCCCCCCCC)Cc1ccccc1.[Cl-]. The van der Waals surface area contributed by atoms with Crippen molar-refractivity contribution in [2.75, 3.05) is 19.6 Å². The molecule has 0 heterocycles. The van der Waals surface area contributed by atoms with E-state index < -0.39 is 0 Å². The van der Waals surface area contributed by atoms with Crippen LogP contribution in [-0.2, 0) is 6.54 Å². The molecule has 0 unspecified atom stereocenters. The lowest BCUT2D eigenvalue weighted by atomic mass is 10.0. The fraction of sp³-hybridized carbons (Fsp3) is 0.891. The number of hydrogen-bond acceptors (Lipinski definition) is 0. The highest BCUT2D eigenvalue weighted by molar-refractivity contribution is 5.13. The minimum atomic E-state index is 0. The lowest BCUT2D eigenvalue weighted by Gasteiger charge is -2.39. The first-order valence-corrected chi connectivity index (χ1v) is 26.7. The zero-order chi connectivity index (χ0) is 40.1. The maximum atomic E-state index is 2.42. The molecule has 0 spiro atoms. The second-order valence-electron chi connectivity index (χ2n) is 18.9. The molecule has 0 amide bonds. The quantitative estimate of drug-likeness (QED) is 0.0454. The van der Waals surface area contributed by atoms with E-state index in [1.54, 1.807) is 5.56 Å². The van der Waals surface area contributed by atoms with Crippen LogP contribution in [-0.4, -0.2) is 24.1 Å². The monoisotopic (exact) mass is 816 g/mol. The molecule has 1 aromatic carbocycles. The third-order valence-electron chi connectivity index (χ3n) is 13.3. The third-order valence-corrected chi connectivity index (χ3v) is 13.3. The van der Waals surface area contributed by atoms with Gasteiger partial charge in [0.25, 0.3) is 0 Å². The highest BCUT2D eigenvalue weighted by atomic mass is 35.5. The molecule has 0 aliphatic heterocycles. The third kappa shape index (κ3) is 39.4. The molecule has 0 saturated carbocycles. The molecule has 0 radical (unpaired) electrons. The van der Waals surface area contributed by atoms with Gasteiger partial charge in [-0.2, -0.15) is 0 Å². The molecule has 1 rings (SSSR count). The van der Waals surface area contributed by atoms with Crippen LogP contribution in [0.5, 0.6) is 0 Å². The first kappa shape index (κ1) is 56.5. The van der Waals surface area contributed by atoms with Crippen LogP contribution < -0.4 is 12.4 Å². The summed E-state index contributed by atoms with van der Waals surface area (Å²) < 4.78 is 1.36. The van der Waals surface area contributed by atoms with Crippen molar-refractivity contribution >= 4 is 0 Å². The minimum Gasteiger partial charge on any atom is -1.00 e. The Morgan fingerprint density at radius 1 is 0.263 bits per heavy atom. The van der Waals surface area contributed by atoms with Gasteiger partial charge in [0.15, 0.2) is 0 Å². The lowest BCUT2D eigenvalue weighted by Crippen LogP contribution is -3.00. The van der Waals surface area contributed by atoms with Gasteiger partial charge in [0, 0.05) is 5.56 Å². The first-order valence-electron chi connectivity index (χ1n) is 26.7. The number of unbranched alkanes of at least 4 members (excludes halogenated alkanes) is 39. The van der Waals surface area contributed by atoms with Gasteiger partial charge in [0.2, 0.25) is 0 Å². The summed E-state index contributed by atoms with van der Waals surface area (Å²) in [5.74, 6) is 0. The van der Waals surface area contributed by atoms with Crippen LogP contribution in [0.4, 0.5) is 0 Å². The van der Waals surface area contributed by atoms with E-state index in [2.05, 4.69) is 51.1 Å². The summed E-state index contributed by atoms with van der Waals surface area (Å²) in [6, 6.07) is 11.6. The molecule has 0 aliphatic rings. The second kappa shape index (κ2) is 46.5. The number of halogens is 1. The van der Waals surface area contributed by atoms with E-state index in [-0.39, 0.29) is 12.4 Å². The molecule has 0 aromatic heterocycles. The summed E-state index contributed by atoms with van der Waals surface area (Å²) in [4.78, 5) is 0. The fourth-order valence-corrected chi connectivity index (χ4v) is 9.47. The van der Waals surface area contributed by atoms with Crippen molar-refractivity contribution in [1.29, 1.82) is 0 Å². The number of rotatable bonds is 47. The fourth-order valence-electron chi connectivity index (χ4n) is 9.47. The summed E-state index contributed by atoms with van der Waals surface area (Å²) in [5.41, 5.74) is 1.58. The Balaban J connectivity index is 0.0000314. The van der Waals surface area contributed by atoms with Crippen molar-refractivity contribution < 1.29 is 16.9 Å². The molecule has 1 aromatic rings. The standard InChI is InChI=1S/C55H106N.ClH/c1-4-7-10-13-16-19-22-24-26-28-30-32-35-38-41-47-52-56(54-55-49-44-43-45-50-55,51-46-40-37-34-21-18-15-12-9-6-3)53-48-42-39-36-33-31-29-27-25-23-20-17-14-11-8-5-2;/h43-45,49-50H,4-42,46-48,51-54H2,1-3H3;1H/q+1;/p-1. The largest absolute Gasteiger partial charge is 1.00 e. The molecule has 57 heavy (non-hydrogen) atoms. The van der Waals surface area contributed by atoms with Crippen LogP contribution in [0.1, 0.15) is 296 Å². The summed E-state index contributed by atoms with van der Waals surface area (Å²) in [7, 11) is 0. The highest BCUT2D eigenvalue weighted by Gasteiger charge is 2.26. The van der Waals surface area contributed by atoms with Crippen LogP contribution in [0, 0.1) is 0 Å². The summed E-state index contributed by atoms with van der Waals surface area (Å²) in [5, 5.41) is 0. The van der Waals surface area contributed by atoms with E-state index in [0.717, 1.165) is 0 Å². The van der Waals surface area contributed by atoms with Gasteiger partial charge in [-0.3, -0.25) is 0 Å². The lowest BCUT2D eigenvalue weighted by molar-refractivity contribution is -0.941. The first-order chi connectivity index (χ1) is 27.8. The van der Waals surface area contributed by atoms with Gasteiger partial charge >= 0.3 is 0 Å². The van der Waals surface area contributed by atoms with Crippen molar-refractivity contribution in [3.63, 3.8) is 0 Å². The van der Waals surface area contributed by atoms with Gasteiger partial charge in [0.1, 0.15) is 6.54 Å². The highest BCUT2D eigenvalue weighted by Crippen LogP contribution is 2.23. The van der Waals surface area contributed by atoms with Gasteiger partial charge in [0.05, 0.1) is 19.6 Å². The van der Waals surface area contributed by atoms with Crippen molar-refractivity contribution in [1.82, 2.24) is 0 Å². The predicted molar refractivity (Wildman–Crippen MR) is 256 cm³/mol. The average Bonchev–Trinajstić information content (AvgIpc) is 3.21. The van der Waals surface area contributed by atoms with Gasteiger partial charge in [-0.25, -0.2) is 0 Å². The van der Waals surface area contributed by atoms with Crippen molar-refractivity contribution in [2.45, 2.75) is 297 Å². The van der Waals surface area contributed by atoms with Crippen molar-refractivity contribution in [3.05, 3.63) is 35.9 Å². The molecule has 338 valence electrons. The van der Waals surface area contributed by atoms with E-state index in [4.69, 9.17) is 0 Å². The Kier molecular flexibility index (Phi) is 46.1. The average molecular weight is 817 g/mol. The number of quaternary nitrogens is 1. The second-order valence-corrected chi connectivity index (χ2v) is 18.9. The molecule has 2 heteroatoms. The summed E-state index contributed by atoms with van der Waals surface area (Å²) in [6.45, 7) is 12.4. The van der Waals surface area contributed by atoms with Crippen LogP contribution in [0.15, 0.2) is 30.3 Å². The molecular formula is C55H106ClN. The number of benzene rings is 1. The van der Waals surface area contributed by atoms with Gasteiger partial charge in [-0.15, -0.1) is 0 Å². The van der Waals surface area contributed by atoms with Gasteiger partial charge in [-0.05, 0) is 38.5 Å². The van der Waals surface area contributed by atoms with Crippen LogP contribution in [0.25, 0.3) is 0 Å². The topological polar surface area (TPSA) is 0 Å². The van der Waals surface area contributed by atoms with E-state index in [9.17, 15) is 0 Å². The van der Waals surface area contributed by atoms with E-state index in [0.29, 0.717) is 0 Å². The molecule has 0 atom stereocenters. The molecule has 0 saturated heterocycles. The molecular weight excluding hydrogens is 710 g/mol. The Hall–Kier alpha value is -0.530. The van der Waals surface area contributed by atoms with Gasteiger partial charge in [-0.1, -0.05) is 282 Å². The van der Waals surface area contributed by atoms with E-state index in [1.165, 1.54) is 300 Å². The summed E-state index contributed by atoms with van der Waals surface area (Å²) >= 11 is 0. The van der Waals surface area contributed by atoms with Crippen LogP contribution in [0.3, 0.4) is 0 Å². The van der Waals surface area contributed by atoms with Gasteiger partial charge < -0.3 is 16.9 Å². The number of nitrogens with zero attached hydrogens (tertiary/aromatic N) is 1. The molecule has 0 N–H and O–H groups in total. The Morgan fingerprint density at radius 2 is 0.456 bits per heavy atom. The Labute approximate surface area is 367 Å². The van der Waals surface area contributed by atoms with Crippen molar-refractivity contribution in [3.8, 4) is 0 Å². The van der Waals surface area contributed by atoms with Crippen LogP contribution in [0.2, 0.25) is 0 Å². The predicted octanol–water partition coefficient (Wildman–Crippen LogP) is 16.5. The van der Waals surface area contributed by atoms with Crippen LogP contribution >= 0.6 is 0 Å². The smallest absolute Gasteiger partial charge is 0.104 e. The Bertz CT molecular complexity index is 817. The van der Waals surface area contributed by atoms with E-state index >= 15 is 0 Å². The Morgan fingerprint density at radius 3 is 0.667 bits per heavy atom. The molecule has 1 nitrogen and oxygen atoms in total. The normalized spacial score (nSPS) is 11.7. The van der Waals surface area contributed by atoms with Crippen molar-refractivity contribution in [2.24, 2.45) is 0 Å². The number of hydrogen-bond donors (Lipinski definition) is 0. The molecule has 0 fully saturated rings. The summed E-state index contributed by atoms with van der Waals surface area (Å²) in [6.07, 6.45) is 61.2. The maximum Gasteiger partial charge on any atom is 0.104 e. The van der Waals surface area contributed by atoms with E-state index in [1.807, 2.05) is 0 Å². The zero-order valence-electron chi connectivity index (χ0n) is 39.7. The molecule has 0 bridgehead atoms. The maximum absolute atomic E-state index is 2.42.